The lowest BCUT2D eigenvalue weighted by molar-refractivity contribution is 0.476. The molecular formula is C12H14ClNO. The second-order valence-electron chi connectivity index (χ2n) is 3.69. The maximum Gasteiger partial charge on any atom is 0.116 e. The highest BCUT2D eigenvalue weighted by Crippen LogP contribution is 2.24. The molecule has 0 spiro atoms. The minimum atomic E-state index is 0.320. The molecule has 0 atom stereocenters. The first kappa shape index (κ1) is 10.4. The Hall–Kier alpha value is -1.15. The van der Waals surface area contributed by atoms with Crippen molar-refractivity contribution in [2.24, 2.45) is 0 Å². The van der Waals surface area contributed by atoms with Crippen molar-refractivity contribution in [1.29, 1.82) is 0 Å². The van der Waals surface area contributed by atoms with Crippen LogP contribution in [-0.4, -0.2) is 16.0 Å². The normalized spacial score (nSPS) is 11.0. The lowest BCUT2D eigenvalue weighted by atomic mass is 10.1. The van der Waals surface area contributed by atoms with Gasteiger partial charge in [-0.15, -0.1) is 11.6 Å². The van der Waals surface area contributed by atoms with E-state index in [0.717, 1.165) is 30.2 Å². The van der Waals surface area contributed by atoms with Crippen LogP contribution in [-0.2, 0) is 6.42 Å². The van der Waals surface area contributed by atoms with E-state index >= 15 is 0 Å². The predicted molar refractivity (Wildman–Crippen MR) is 63.6 cm³/mol. The van der Waals surface area contributed by atoms with Gasteiger partial charge in [0.1, 0.15) is 5.75 Å². The van der Waals surface area contributed by atoms with Gasteiger partial charge in [0.25, 0.3) is 0 Å². The van der Waals surface area contributed by atoms with Crippen LogP contribution < -0.4 is 0 Å². The summed E-state index contributed by atoms with van der Waals surface area (Å²) in [5.41, 5.74) is 2.33. The van der Waals surface area contributed by atoms with Gasteiger partial charge in [0, 0.05) is 23.0 Å². The number of aromatic nitrogens is 1. The summed E-state index contributed by atoms with van der Waals surface area (Å²) in [5.74, 6) is 1.04. The van der Waals surface area contributed by atoms with Crippen LogP contribution in [0.4, 0.5) is 0 Å². The number of hydrogen-bond acceptors (Lipinski definition) is 1. The number of aromatic hydroxyl groups is 1. The number of unbranched alkanes of at least 4 members (excludes halogenated alkanes) is 1. The molecule has 0 amide bonds. The van der Waals surface area contributed by atoms with E-state index in [9.17, 15) is 5.11 Å². The Morgan fingerprint density at radius 2 is 2.13 bits per heavy atom. The number of aryl methyl sites for hydroxylation is 1. The molecule has 1 aromatic heterocycles. The first-order valence-corrected chi connectivity index (χ1v) is 5.69. The van der Waals surface area contributed by atoms with E-state index in [0.29, 0.717) is 11.6 Å². The molecule has 1 aromatic carbocycles. The third-order valence-corrected chi connectivity index (χ3v) is 2.85. The SMILES string of the molecule is Oc1ccc2[nH]cc(CCCCCl)c2c1. The molecule has 0 unspecified atom stereocenters. The molecule has 0 aliphatic heterocycles. The number of rotatable bonds is 4. The van der Waals surface area contributed by atoms with Crippen LogP contribution in [0.2, 0.25) is 0 Å². The number of aromatic amines is 1. The zero-order valence-corrected chi connectivity index (χ0v) is 9.22. The zero-order valence-electron chi connectivity index (χ0n) is 8.46. The molecular weight excluding hydrogens is 210 g/mol. The van der Waals surface area contributed by atoms with Crippen molar-refractivity contribution in [3.8, 4) is 5.75 Å². The van der Waals surface area contributed by atoms with E-state index in [-0.39, 0.29) is 0 Å². The maximum absolute atomic E-state index is 9.41. The third-order valence-electron chi connectivity index (χ3n) is 2.58. The van der Waals surface area contributed by atoms with Gasteiger partial charge in [0.05, 0.1) is 0 Å². The molecule has 0 aliphatic carbocycles. The lowest BCUT2D eigenvalue weighted by Gasteiger charge is -1.98. The van der Waals surface area contributed by atoms with Crippen molar-refractivity contribution in [3.63, 3.8) is 0 Å². The van der Waals surface area contributed by atoms with Gasteiger partial charge >= 0.3 is 0 Å². The maximum atomic E-state index is 9.41. The number of halogens is 1. The summed E-state index contributed by atoms with van der Waals surface area (Å²) in [5, 5.41) is 10.5. The van der Waals surface area contributed by atoms with E-state index < -0.39 is 0 Å². The Morgan fingerprint density at radius 1 is 1.27 bits per heavy atom. The molecule has 2 N–H and O–H groups in total. The third kappa shape index (κ3) is 2.26. The van der Waals surface area contributed by atoms with Crippen molar-refractivity contribution in [2.45, 2.75) is 19.3 Å². The summed E-state index contributed by atoms with van der Waals surface area (Å²) in [6.07, 6.45) is 5.15. The molecule has 1 heterocycles. The summed E-state index contributed by atoms with van der Waals surface area (Å²) in [6, 6.07) is 5.40. The molecule has 2 nitrogen and oxygen atoms in total. The van der Waals surface area contributed by atoms with E-state index in [1.807, 2.05) is 18.3 Å². The standard InChI is InChI=1S/C12H14ClNO/c13-6-2-1-3-9-8-14-12-5-4-10(15)7-11(9)12/h4-5,7-8,14-15H,1-3,6H2. The molecule has 15 heavy (non-hydrogen) atoms. The molecule has 2 aromatic rings. The molecule has 0 fully saturated rings. The first-order chi connectivity index (χ1) is 7.31. The average molecular weight is 224 g/mol. The molecule has 80 valence electrons. The molecule has 0 aliphatic rings. The first-order valence-electron chi connectivity index (χ1n) is 5.16. The second-order valence-corrected chi connectivity index (χ2v) is 4.07. The van der Waals surface area contributed by atoms with Crippen molar-refractivity contribution in [2.75, 3.05) is 5.88 Å². The van der Waals surface area contributed by atoms with Crippen LogP contribution in [0.5, 0.6) is 5.75 Å². The van der Waals surface area contributed by atoms with Crippen LogP contribution in [0.1, 0.15) is 18.4 Å². The minimum Gasteiger partial charge on any atom is -0.508 e. The molecule has 0 radical (unpaired) electrons. The van der Waals surface area contributed by atoms with Gasteiger partial charge < -0.3 is 10.1 Å². The Morgan fingerprint density at radius 3 is 2.93 bits per heavy atom. The number of fused-ring (bicyclic) bond motifs is 1. The Kier molecular flexibility index (Phi) is 3.17. The van der Waals surface area contributed by atoms with Crippen LogP contribution in [0, 0.1) is 0 Å². The molecule has 0 saturated heterocycles. The summed E-state index contributed by atoms with van der Waals surface area (Å²) in [7, 11) is 0. The summed E-state index contributed by atoms with van der Waals surface area (Å²) in [4.78, 5) is 3.20. The van der Waals surface area contributed by atoms with Crippen LogP contribution >= 0.6 is 11.6 Å². The van der Waals surface area contributed by atoms with Crippen LogP contribution in [0.15, 0.2) is 24.4 Å². The van der Waals surface area contributed by atoms with Crippen molar-refractivity contribution in [1.82, 2.24) is 4.98 Å². The summed E-state index contributed by atoms with van der Waals surface area (Å²) < 4.78 is 0. The fraction of sp³-hybridized carbons (Fsp3) is 0.333. The van der Waals surface area contributed by atoms with Gasteiger partial charge in [0.15, 0.2) is 0 Å². The highest BCUT2D eigenvalue weighted by molar-refractivity contribution is 6.17. The van der Waals surface area contributed by atoms with Crippen molar-refractivity contribution < 1.29 is 5.11 Å². The lowest BCUT2D eigenvalue weighted by Crippen LogP contribution is -1.84. The number of alkyl halides is 1. The van der Waals surface area contributed by atoms with E-state index in [1.165, 1.54) is 5.56 Å². The predicted octanol–water partition coefficient (Wildman–Crippen LogP) is 3.44. The van der Waals surface area contributed by atoms with Gasteiger partial charge in [0.2, 0.25) is 0 Å². The van der Waals surface area contributed by atoms with Crippen molar-refractivity contribution in [3.05, 3.63) is 30.0 Å². The van der Waals surface area contributed by atoms with E-state index in [2.05, 4.69) is 4.98 Å². The van der Waals surface area contributed by atoms with Gasteiger partial charge in [-0.1, -0.05) is 0 Å². The highest BCUT2D eigenvalue weighted by atomic mass is 35.5. The fourth-order valence-electron chi connectivity index (χ4n) is 1.78. The molecule has 0 bridgehead atoms. The van der Waals surface area contributed by atoms with Crippen LogP contribution in [0.3, 0.4) is 0 Å². The van der Waals surface area contributed by atoms with Gasteiger partial charge in [-0.2, -0.15) is 0 Å². The monoisotopic (exact) mass is 223 g/mol. The Labute approximate surface area is 93.9 Å². The Balaban J connectivity index is 2.23. The van der Waals surface area contributed by atoms with E-state index in [1.54, 1.807) is 6.07 Å². The minimum absolute atomic E-state index is 0.320. The van der Waals surface area contributed by atoms with Gasteiger partial charge in [-0.05, 0) is 43.0 Å². The molecule has 2 rings (SSSR count). The largest absolute Gasteiger partial charge is 0.508 e. The number of nitrogens with one attached hydrogen (secondary N) is 1. The summed E-state index contributed by atoms with van der Waals surface area (Å²) >= 11 is 5.64. The second kappa shape index (κ2) is 4.58. The van der Waals surface area contributed by atoms with Gasteiger partial charge in [-0.25, -0.2) is 0 Å². The fourth-order valence-corrected chi connectivity index (χ4v) is 1.97. The van der Waals surface area contributed by atoms with Crippen molar-refractivity contribution >= 4 is 22.5 Å². The molecule has 3 heteroatoms. The number of hydrogen-bond donors (Lipinski definition) is 2. The Bertz CT molecular complexity index is 450. The zero-order chi connectivity index (χ0) is 10.7. The average Bonchev–Trinajstić information content (AvgIpc) is 2.62. The van der Waals surface area contributed by atoms with E-state index in [4.69, 9.17) is 11.6 Å². The molecule has 0 saturated carbocycles. The van der Waals surface area contributed by atoms with Gasteiger partial charge in [-0.3, -0.25) is 0 Å². The number of benzene rings is 1. The number of H-pyrrole nitrogens is 1. The summed E-state index contributed by atoms with van der Waals surface area (Å²) in [6.45, 7) is 0. The smallest absolute Gasteiger partial charge is 0.116 e. The number of phenols is 1. The van der Waals surface area contributed by atoms with Crippen LogP contribution in [0.25, 0.3) is 10.9 Å². The number of phenolic OH excluding ortho intramolecular Hbond substituents is 1. The highest BCUT2D eigenvalue weighted by Gasteiger charge is 2.03. The topological polar surface area (TPSA) is 36.0 Å². The quantitative estimate of drug-likeness (QED) is 0.605.